The molecule has 2 aromatic rings. The van der Waals surface area contributed by atoms with Gasteiger partial charge in [0.05, 0.1) is 6.61 Å². The van der Waals surface area contributed by atoms with E-state index < -0.39 is 0 Å². The summed E-state index contributed by atoms with van der Waals surface area (Å²) in [4.78, 5) is 12.4. The lowest BCUT2D eigenvalue weighted by Gasteiger charge is -2.12. The topological polar surface area (TPSA) is 80.0 Å². The van der Waals surface area contributed by atoms with Gasteiger partial charge in [-0.2, -0.15) is 0 Å². The number of amides is 1. The van der Waals surface area contributed by atoms with Gasteiger partial charge < -0.3 is 15.0 Å². The van der Waals surface area contributed by atoms with Crippen molar-refractivity contribution >= 4 is 11.6 Å². The zero-order valence-corrected chi connectivity index (χ0v) is 16.5. The minimum Gasteiger partial charge on any atom is -0.392 e. The van der Waals surface area contributed by atoms with E-state index in [-0.39, 0.29) is 12.5 Å². The lowest BCUT2D eigenvalue weighted by Crippen LogP contribution is -2.15. The largest absolute Gasteiger partial charge is 0.392 e. The maximum atomic E-state index is 12.4. The van der Waals surface area contributed by atoms with E-state index in [0.717, 1.165) is 41.3 Å². The van der Waals surface area contributed by atoms with Gasteiger partial charge in [0, 0.05) is 31.0 Å². The van der Waals surface area contributed by atoms with Crippen molar-refractivity contribution in [2.24, 2.45) is 5.92 Å². The van der Waals surface area contributed by atoms with Crippen molar-refractivity contribution in [1.82, 2.24) is 14.8 Å². The zero-order chi connectivity index (χ0) is 19.4. The van der Waals surface area contributed by atoms with Gasteiger partial charge in [-0.15, -0.1) is 10.2 Å². The average molecular weight is 370 g/mol. The molecule has 0 saturated heterocycles. The summed E-state index contributed by atoms with van der Waals surface area (Å²) >= 11 is 0. The van der Waals surface area contributed by atoms with Crippen LogP contribution in [0.3, 0.4) is 0 Å². The Morgan fingerprint density at radius 3 is 2.59 bits per heavy atom. The Balaban J connectivity index is 1.62. The van der Waals surface area contributed by atoms with Gasteiger partial charge >= 0.3 is 0 Å². The van der Waals surface area contributed by atoms with Crippen LogP contribution in [0.5, 0.6) is 0 Å². The second-order valence-electron chi connectivity index (χ2n) is 7.86. The van der Waals surface area contributed by atoms with Crippen LogP contribution in [0.2, 0.25) is 0 Å². The van der Waals surface area contributed by atoms with Crippen LogP contribution >= 0.6 is 0 Å². The number of nitrogens with zero attached hydrogens (tertiary/aromatic N) is 3. The smallest absolute Gasteiger partial charge is 0.224 e. The summed E-state index contributed by atoms with van der Waals surface area (Å²) < 4.78 is 2.27. The number of aromatic nitrogens is 3. The van der Waals surface area contributed by atoms with Gasteiger partial charge in [0.2, 0.25) is 5.91 Å². The van der Waals surface area contributed by atoms with E-state index in [0.29, 0.717) is 24.8 Å². The third-order valence-electron chi connectivity index (χ3n) is 5.16. The number of hydrogen-bond donors (Lipinski definition) is 2. The van der Waals surface area contributed by atoms with Crippen LogP contribution in [0.4, 0.5) is 5.69 Å². The Morgan fingerprint density at radius 2 is 1.96 bits per heavy atom. The van der Waals surface area contributed by atoms with Crippen LogP contribution in [0.25, 0.3) is 0 Å². The SMILES string of the molecule is Cc1c(CO)cccc1NC(=O)CCc1nnc(CCC(C)C)n1C1CC1. The van der Waals surface area contributed by atoms with Crippen molar-refractivity contribution in [2.75, 3.05) is 5.32 Å². The molecule has 2 N–H and O–H groups in total. The van der Waals surface area contributed by atoms with Crippen molar-refractivity contribution in [1.29, 1.82) is 0 Å². The lowest BCUT2D eigenvalue weighted by atomic mass is 10.1. The highest BCUT2D eigenvalue weighted by molar-refractivity contribution is 5.91. The molecule has 146 valence electrons. The van der Waals surface area contributed by atoms with Crippen molar-refractivity contribution < 1.29 is 9.90 Å². The zero-order valence-electron chi connectivity index (χ0n) is 16.5. The first-order valence-electron chi connectivity index (χ1n) is 9.91. The molecule has 1 saturated carbocycles. The van der Waals surface area contributed by atoms with Crippen molar-refractivity contribution in [2.45, 2.75) is 71.9 Å². The van der Waals surface area contributed by atoms with Crippen molar-refractivity contribution in [3.8, 4) is 0 Å². The highest BCUT2D eigenvalue weighted by atomic mass is 16.3. The Hall–Kier alpha value is -2.21. The number of benzene rings is 1. The van der Waals surface area contributed by atoms with Crippen LogP contribution in [0.1, 0.15) is 68.3 Å². The van der Waals surface area contributed by atoms with Gasteiger partial charge in [0.1, 0.15) is 11.6 Å². The van der Waals surface area contributed by atoms with Crippen LogP contribution in [0, 0.1) is 12.8 Å². The fraction of sp³-hybridized carbons (Fsp3) is 0.571. The van der Waals surface area contributed by atoms with Gasteiger partial charge in [-0.25, -0.2) is 0 Å². The van der Waals surface area contributed by atoms with Crippen LogP contribution in [-0.4, -0.2) is 25.8 Å². The third kappa shape index (κ3) is 4.95. The molecule has 6 nitrogen and oxygen atoms in total. The monoisotopic (exact) mass is 370 g/mol. The molecule has 6 heteroatoms. The minimum atomic E-state index is -0.0396. The quantitative estimate of drug-likeness (QED) is 0.707. The number of nitrogens with one attached hydrogen (secondary N) is 1. The normalized spacial score (nSPS) is 14.0. The molecule has 1 aliphatic carbocycles. The number of rotatable bonds is 9. The third-order valence-corrected chi connectivity index (χ3v) is 5.16. The highest BCUT2D eigenvalue weighted by Gasteiger charge is 2.29. The first kappa shape index (κ1) is 19.5. The maximum absolute atomic E-state index is 12.4. The van der Waals surface area contributed by atoms with E-state index in [4.69, 9.17) is 0 Å². The van der Waals surface area contributed by atoms with Gasteiger partial charge in [-0.3, -0.25) is 4.79 Å². The second kappa shape index (κ2) is 8.65. The molecule has 1 amide bonds. The summed E-state index contributed by atoms with van der Waals surface area (Å²) in [5, 5.41) is 21.1. The van der Waals surface area contributed by atoms with E-state index in [9.17, 15) is 9.90 Å². The number of anilines is 1. The number of aliphatic hydroxyl groups is 1. The van der Waals surface area contributed by atoms with Crippen LogP contribution < -0.4 is 5.32 Å². The number of aryl methyl sites for hydroxylation is 2. The molecule has 0 bridgehead atoms. The fourth-order valence-electron chi connectivity index (χ4n) is 3.30. The summed E-state index contributed by atoms with van der Waals surface area (Å²) in [7, 11) is 0. The molecule has 0 aliphatic heterocycles. The van der Waals surface area contributed by atoms with Gasteiger partial charge in [-0.05, 0) is 49.3 Å². The number of carbonyl (C=O) groups excluding carboxylic acids is 1. The average Bonchev–Trinajstić information content (AvgIpc) is 3.40. The second-order valence-corrected chi connectivity index (χ2v) is 7.86. The molecule has 1 fully saturated rings. The van der Waals surface area contributed by atoms with E-state index in [1.807, 2.05) is 25.1 Å². The number of carbonyl (C=O) groups is 1. The van der Waals surface area contributed by atoms with E-state index in [2.05, 4.69) is 33.9 Å². The van der Waals surface area contributed by atoms with Crippen LogP contribution in [-0.2, 0) is 24.2 Å². The summed E-state index contributed by atoms with van der Waals surface area (Å²) in [6, 6.07) is 6.09. The molecule has 0 radical (unpaired) electrons. The molecular weight excluding hydrogens is 340 g/mol. The lowest BCUT2D eigenvalue weighted by molar-refractivity contribution is -0.116. The van der Waals surface area contributed by atoms with E-state index in [1.165, 1.54) is 12.8 Å². The molecule has 1 aromatic carbocycles. The highest BCUT2D eigenvalue weighted by Crippen LogP contribution is 2.37. The first-order chi connectivity index (χ1) is 13.0. The van der Waals surface area contributed by atoms with Gasteiger partial charge in [0.15, 0.2) is 0 Å². The van der Waals surface area contributed by atoms with Crippen molar-refractivity contribution in [3.63, 3.8) is 0 Å². The minimum absolute atomic E-state index is 0.0286. The summed E-state index contributed by atoms with van der Waals surface area (Å²) in [5.74, 6) is 2.59. The Morgan fingerprint density at radius 1 is 1.26 bits per heavy atom. The number of aliphatic hydroxyl groups excluding tert-OH is 1. The first-order valence-corrected chi connectivity index (χ1v) is 9.91. The van der Waals surface area contributed by atoms with Crippen molar-refractivity contribution in [3.05, 3.63) is 41.0 Å². The summed E-state index contributed by atoms with van der Waals surface area (Å²) in [6.07, 6.45) is 5.37. The summed E-state index contributed by atoms with van der Waals surface area (Å²) in [6.45, 7) is 6.32. The molecule has 1 aromatic heterocycles. The Bertz CT molecular complexity index is 793. The molecule has 1 heterocycles. The Kier molecular flexibility index (Phi) is 6.26. The fourth-order valence-corrected chi connectivity index (χ4v) is 3.30. The maximum Gasteiger partial charge on any atom is 0.224 e. The van der Waals surface area contributed by atoms with Gasteiger partial charge in [-0.1, -0.05) is 26.0 Å². The molecule has 0 unspecified atom stereocenters. The molecule has 27 heavy (non-hydrogen) atoms. The Labute approximate surface area is 161 Å². The molecule has 0 atom stereocenters. The van der Waals surface area contributed by atoms with Gasteiger partial charge in [0.25, 0.3) is 0 Å². The summed E-state index contributed by atoms with van der Waals surface area (Å²) in [5.41, 5.74) is 2.49. The van der Waals surface area contributed by atoms with E-state index >= 15 is 0 Å². The molecule has 3 rings (SSSR count). The molecule has 0 spiro atoms. The van der Waals surface area contributed by atoms with Crippen LogP contribution in [0.15, 0.2) is 18.2 Å². The predicted molar refractivity (Wildman–Crippen MR) is 106 cm³/mol. The molecule has 1 aliphatic rings. The van der Waals surface area contributed by atoms with E-state index in [1.54, 1.807) is 0 Å². The number of hydrogen-bond acceptors (Lipinski definition) is 4. The molecular formula is C21H30N4O2. The predicted octanol–water partition coefficient (Wildman–Crippen LogP) is 3.57. The standard InChI is InChI=1S/C21H30N4O2/c1-14(2)7-10-19-23-24-20(25(19)17-8-9-17)11-12-21(27)22-18-6-4-5-16(13-26)15(18)3/h4-6,14,17,26H,7-13H2,1-3H3,(H,22,27).